The Balaban J connectivity index is 2.67. The molecule has 0 aromatic heterocycles. The van der Waals surface area contributed by atoms with E-state index in [0.717, 1.165) is 0 Å². The highest BCUT2D eigenvalue weighted by Gasteiger charge is 2.14. The molecular formula is C13H21N3O3S. The highest BCUT2D eigenvalue weighted by Crippen LogP contribution is 2.14. The monoisotopic (exact) mass is 299 g/mol. The summed E-state index contributed by atoms with van der Waals surface area (Å²) >= 11 is 0. The molecule has 1 amide bonds. The van der Waals surface area contributed by atoms with Gasteiger partial charge in [0.05, 0.1) is 11.4 Å². The molecular weight excluding hydrogens is 278 g/mol. The molecule has 6 nitrogen and oxygen atoms in total. The van der Waals surface area contributed by atoms with Crippen LogP contribution in [-0.4, -0.2) is 33.5 Å². The van der Waals surface area contributed by atoms with Gasteiger partial charge in [0.25, 0.3) is 0 Å². The van der Waals surface area contributed by atoms with Crippen molar-refractivity contribution in [1.29, 1.82) is 0 Å². The van der Waals surface area contributed by atoms with Crippen LogP contribution in [0.4, 0.5) is 5.69 Å². The number of amides is 1. The Morgan fingerprint density at radius 2 is 1.80 bits per heavy atom. The van der Waals surface area contributed by atoms with Crippen LogP contribution in [0.1, 0.15) is 20.8 Å². The fourth-order valence-electron chi connectivity index (χ4n) is 1.57. The van der Waals surface area contributed by atoms with Crippen LogP contribution in [0.15, 0.2) is 29.2 Å². The molecule has 0 bridgehead atoms. The minimum atomic E-state index is -3.47. The van der Waals surface area contributed by atoms with Gasteiger partial charge >= 0.3 is 0 Å². The summed E-state index contributed by atoms with van der Waals surface area (Å²) in [6.07, 6.45) is 0. The fourth-order valence-corrected chi connectivity index (χ4v) is 2.82. The van der Waals surface area contributed by atoms with Crippen LogP contribution >= 0.6 is 0 Å². The van der Waals surface area contributed by atoms with Crippen molar-refractivity contribution in [3.63, 3.8) is 0 Å². The van der Waals surface area contributed by atoms with E-state index in [2.05, 4.69) is 15.4 Å². The molecule has 0 unspecified atom stereocenters. The molecule has 0 spiro atoms. The van der Waals surface area contributed by atoms with Crippen LogP contribution in [0.25, 0.3) is 0 Å². The first-order valence-electron chi connectivity index (χ1n) is 6.48. The Morgan fingerprint density at radius 1 is 1.20 bits per heavy atom. The molecule has 0 aliphatic carbocycles. The van der Waals surface area contributed by atoms with Crippen LogP contribution in [0.2, 0.25) is 0 Å². The van der Waals surface area contributed by atoms with Gasteiger partial charge in [0.15, 0.2) is 0 Å². The van der Waals surface area contributed by atoms with E-state index in [-0.39, 0.29) is 23.4 Å². The summed E-state index contributed by atoms with van der Waals surface area (Å²) in [4.78, 5) is 11.5. The van der Waals surface area contributed by atoms with Gasteiger partial charge < -0.3 is 10.6 Å². The second-order valence-electron chi connectivity index (χ2n) is 4.61. The first-order valence-corrected chi connectivity index (χ1v) is 7.96. The number of nitrogens with one attached hydrogen (secondary N) is 3. The van der Waals surface area contributed by atoms with Crippen LogP contribution in [0.3, 0.4) is 0 Å². The molecule has 0 aliphatic rings. The van der Waals surface area contributed by atoms with Crippen molar-refractivity contribution in [1.82, 2.24) is 10.0 Å². The van der Waals surface area contributed by atoms with E-state index in [0.29, 0.717) is 12.2 Å². The van der Waals surface area contributed by atoms with Gasteiger partial charge in [-0.15, -0.1) is 0 Å². The zero-order valence-corrected chi connectivity index (χ0v) is 12.8. The normalized spacial score (nSPS) is 11.4. The number of benzene rings is 1. The largest absolute Gasteiger partial charge is 0.376 e. The van der Waals surface area contributed by atoms with Gasteiger partial charge in [0.1, 0.15) is 0 Å². The first kappa shape index (κ1) is 16.5. The van der Waals surface area contributed by atoms with Crippen LogP contribution in [0, 0.1) is 0 Å². The van der Waals surface area contributed by atoms with Gasteiger partial charge in [-0.2, -0.15) is 0 Å². The Kier molecular flexibility index (Phi) is 5.97. The second-order valence-corrected chi connectivity index (χ2v) is 6.32. The van der Waals surface area contributed by atoms with E-state index < -0.39 is 10.0 Å². The quantitative estimate of drug-likeness (QED) is 0.699. The molecule has 20 heavy (non-hydrogen) atoms. The van der Waals surface area contributed by atoms with Gasteiger partial charge in [-0.05, 0) is 45.0 Å². The molecule has 0 aliphatic heterocycles. The molecule has 0 atom stereocenters. The van der Waals surface area contributed by atoms with Gasteiger partial charge in [0.2, 0.25) is 15.9 Å². The molecule has 0 heterocycles. The predicted octanol–water partition coefficient (Wildman–Crippen LogP) is 0.921. The second kappa shape index (κ2) is 7.25. The molecule has 1 aromatic carbocycles. The minimum Gasteiger partial charge on any atom is -0.376 e. The lowest BCUT2D eigenvalue weighted by atomic mass is 10.3. The number of anilines is 1. The number of carbonyl (C=O) groups is 1. The third-order valence-electron chi connectivity index (χ3n) is 2.38. The van der Waals surface area contributed by atoms with Gasteiger partial charge in [-0.25, -0.2) is 13.1 Å². The Bertz CT molecular complexity index is 538. The van der Waals surface area contributed by atoms with E-state index in [1.54, 1.807) is 26.0 Å². The summed E-state index contributed by atoms with van der Waals surface area (Å²) in [5, 5.41) is 5.59. The van der Waals surface area contributed by atoms with E-state index in [1.165, 1.54) is 12.1 Å². The molecule has 1 aromatic rings. The molecule has 0 fully saturated rings. The lowest BCUT2D eigenvalue weighted by Crippen LogP contribution is -2.30. The number of hydrogen-bond donors (Lipinski definition) is 3. The van der Waals surface area contributed by atoms with Crippen LogP contribution in [0.5, 0.6) is 0 Å². The van der Waals surface area contributed by atoms with Crippen molar-refractivity contribution in [3.05, 3.63) is 24.3 Å². The third kappa shape index (κ3) is 5.18. The number of rotatable bonds is 7. The maximum atomic E-state index is 11.9. The maximum absolute atomic E-state index is 11.9. The van der Waals surface area contributed by atoms with Crippen molar-refractivity contribution in [3.8, 4) is 0 Å². The number of likely N-dealkylation sites (N-methyl/N-ethyl adjacent to an activating group) is 1. The lowest BCUT2D eigenvalue weighted by Gasteiger charge is -2.10. The Morgan fingerprint density at radius 3 is 2.30 bits per heavy atom. The summed E-state index contributed by atoms with van der Waals surface area (Å²) in [6, 6.07) is 6.12. The predicted molar refractivity (Wildman–Crippen MR) is 79.1 cm³/mol. The van der Waals surface area contributed by atoms with Crippen molar-refractivity contribution < 1.29 is 13.2 Å². The van der Waals surface area contributed by atoms with Gasteiger partial charge in [0, 0.05) is 18.3 Å². The number of sulfonamides is 1. The SMILES string of the molecule is CCNC(=O)CNc1ccc(S(=O)(=O)NC(C)C)cc1. The Labute approximate surface area is 120 Å². The molecule has 1 rings (SSSR count). The first-order chi connectivity index (χ1) is 9.35. The van der Waals surface area contributed by atoms with E-state index >= 15 is 0 Å². The summed E-state index contributed by atoms with van der Waals surface area (Å²) in [5.74, 6) is -0.106. The fraction of sp³-hybridized carbons (Fsp3) is 0.462. The average molecular weight is 299 g/mol. The molecule has 3 N–H and O–H groups in total. The van der Waals surface area contributed by atoms with E-state index in [9.17, 15) is 13.2 Å². The molecule has 7 heteroatoms. The molecule has 0 saturated heterocycles. The highest BCUT2D eigenvalue weighted by atomic mass is 32.2. The summed E-state index contributed by atoms with van der Waals surface area (Å²) in [5.41, 5.74) is 0.694. The van der Waals surface area contributed by atoms with Crippen molar-refractivity contribution >= 4 is 21.6 Å². The van der Waals surface area contributed by atoms with Crippen molar-refractivity contribution in [2.45, 2.75) is 31.7 Å². The van der Waals surface area contributed by atoms with E-state index in [1.807, 2.05) is 6.92 Å². The molecule has 0 radical (unpaired) electrons. The topological polar surface area (TPSA) is 87.3 Å². The third-order valence-corrected chi connectivity index (χ3v) is 4.06. The summed E-state index contributed by atoms with van der Waals surface area (Å²) < 4.78 is 26.3. The summed E-state index contributed by atoms with van der Waals surface area (Å²) in [6.45, 7) is 6.11. The number of hydrogen-bond acceptors (Lipinski definition) is 4. The Hall–Kier alpha value is -1.60. The average Bonchev–Trinajstić information content (AvgIpc) is 2.36. The van der Waals surface area contributed by atoms with Gasteiger partial charge in [-0.1, -0.05) is 0 Å². The van der Waals surface area contributed by atoms with E-state index in [4.69, 9.17) is 0 Å². The number of carbonyl (C=O) groups excluding carboxylic acids is 1. The van der Waals surface area contributed by atoms with Crippen molar-refractivity contribution in [2.24, 2.45) is 0 Å². The zero-order chi connectivity index (χ0) is 15.2. The smallest absolute Gasteiger partial charge is 0.240 e. The molecule has 112 valence electrons. The van der Waals surface area contributed by atoms with Crippen LogP contribution < -0.4 is 15.4 Å². The standard InChI is InChI=1S/C13H21N3O3S/c1-4-14-13(17)9-15-11-5-7-12(8-6-11)20(18,19)16-10(2)3/h5-8,10,15-16H,4,9H2,1-3H3,(H,14,17). The van der Waals surface area contributed by atoms with Gasteiger partial charge in [-0.3, -0.25) is 4.79 Å². The highest BCUT2D eigenvalue weighted by molar-refractivity contribution is 7.89. The maximum Gasteiger partial charge on any atom is 0.240 e. The molecule has 0 saturated carbocycles. The lowest BCUT2D eigenvalue weighted by molar-refractivity contribution is -0.119. The minimum absolute atomic E-state index is 0.106. The zero-order valence-electron chi connectivity index (χ0n) is 11.9. The van der Waals surface area contributed by atoms with Crippen LogP contribution in [-0.2, 0) is 14.8 Å². The summed E-state index contributed by atoms with van der Waals surface area (Å²) in [7, 11) is -3.47. The van der Waals surface area contributed by atoms with Crippen molar-refractivity contribution in [2.75, 3.05) is 18.4 Å².